The number of amides is 1. The van der Waals surface area contributed by atoms with Crippen LogP contribution in [-0.4, -0.2) is 26.1 Å². The molecule has 0 aliphatic rings. The molecule has 0 saturated carbocycles. The minimum atomic E-state index is -0.502. The van der Waals surface area contributed by atoms with Crippen molar-refractivity contribution < 1.29 is 4.79 Å². The van der Waals surface area contributed by atoms with Gasteiger partial charge in [-0.15, -0.1) is 0 Å². The van der Waals surface area contributed by atoms with Crippen molar-refractivity contribution in [3.05, 3.63) is 59.4 Å². The molecule has 27 heavy (non-hydrogen) atoms. The minimum Gasteiger partial charge on any atom is -0.317 e. The maximum Gasteiger partial charge on any atom is 0.268 e. The molecule has 0 bridgehead atoms. The molecule has 0 radical (unpaired) electrons. The monoisotopic (exact) mass is 395 g/mol. The number of nitriles is 1. The van der Waals surface area contributed by atoms with Crippen LogP contribution in [0.15, 0.2) is 53.3 Å². The number of aromatic nitrogens is 3. The lowest BCUT2D eigenvalue weighted by Gasteiger charge is -2.11. The van der Waals surface area contributed by atoms with Crippen molar-refractivity contribution >= 4 is 40.4 Å². The molecule has 1 amide bonds. The van der Waals surface area contributed by atoms with Gasteiger partial charge in [-0.2, -0.15) is 14.6 Å². The Kier molecular flexibility index (Phi) is 6.06. The molecule has 0 unspecified atom stereocenters. The molecule has 136 valence electrons. The number of thioether (sulfide) groups is 1. The van der Waals surface area contributed by atoms with Gasteiger partial charge >= 0.3 is 0 Å². The molecule has 0 saturated heterocycles. The SMILES string of the molecule is CCc1ccccc1-n1cccc1/C=C(/C#N)C(=O)Nc1nc(SC)ns1. The summed E-state index contributed by atoms with van der Waals surface area (Å²) in [7, 11) is 0. The molecule has 1 aromatic carbocycles. The van der Waals surface area contributed by atoms with Crippen molar-refractivity contribution in [1.29, 1.82) is 5.26 Å². The number of rotatable bonds is 6. The number of anilines is 1. The van der Waals surface area contributed by atoms with Crippen molar-refractivity contribution in [3.8, 4) is 11.8 Å². The zero-order chi connectivity index (χ0) is 19.2. The number of para-hydroxylation sites is 1. The lowest BCUT2D eigenvalue weighted by atomic mass is 10.1. The summed E-state index contributed by atoms with van der Waals surface area (Å²) in [6, 6.07) is 13.8. The highest BCUT2D eigenvalue weighted by Gasteiger charge is 2.14. The zero-order valence-corrected chi connectivity index (χ0v) is 16.5. The predicted molar refractivity (Wildman–Crippen MR) is 109 cm³/mol. The number of carbonyl (C=O) groups excluding carboxylic acids is 1. The molecule has 0 fully saturated rings. The normalized spacial score (nSPS) is 11.2. The van der Waals surface area contributed by atoms with E-state index < -0.39 is 5.91 Å². The molecule has 8 heteroatoms. The second-order valence-electron chi connectivity index (χ2n) is 5.50. The van der Waals surface area contributed by atoms with E-state index in [1.165, 1.54) is 17.3 Å². The molecule has 2 heterocycles. The highest BCUT2D eigenvalue weighted by Crippen LogP contribution is 2.21. The van der Waals surface area contributed by atoms with Crippen LogP contribution in [0, 0.1) is 11.3 Å². The highest BCUT2D eigenvalue weighted by molar-refractivity contribution is 7.98. The summed E-state index contributed by atoms with van der Waals surface area (Å²) < 4.78 is 6.07. The first kappa shape index (κ1) is 18.9. The fraction of sp³-hybridized carbons (Fsp3) is 0.158. The van der Waals surface area contributed by atoms with Gasteiger partial charge in [0.1, 0.15) is 11.6 Å². The van der Waals surface area contributed by atoms with Gasteiger partial charge in [-0.25, -0.2) is 0 Å². The molecular formula is C19H17N5OS2. The topological polar surface area (TPSA) is 83.6 Å². The van der Waals surface area contributed by atoms with Crippen molar-refractivity contribution in [2.45, 2.75) is 18.5 Å². The van der Waals surface area contributed by atoms with Crippen LogP contribution in [0.4, 0.5) is 5.13 Å². The summed E-state index contributed by atoms with van der Waals surface area (Å²) in [6.07, 6.45) is 6.25. The molecular weight excluding hydrogens is 378 g/mol. The quantitative estimate of drug-likeness (QED) is 0.385. The van der Waals surface area contributed by atoms with E-state index >= 15 is 0 Å². The molecule has 0 atom stereocenters. The predicted octanol–water partition coefficient (Wildman–Crippen LogP) is 4.16. The van der Waals surface area contributed by atoms with Crippen LogP contribution in [0.3, 0.4) is 0 Å². The summed E-state index contributed by atoms with van der Waals surface area (Å²) in [5, 5.41) is 13.1. The Morgan fingerprint density at radius 1 is 1.37 bits per heavy atom. The third kappa shape index (κ3) is 4.27. The third-order valence-corrected chi connectivity index (χ3v) is 5.17. The Morgan fingerprint density at radius 3 is 2.89 bits per heavy atom. The average Bonchev–Trinajstić information content (AvgIpc) is 3.34. The number of nitrogens with zero attached hydrogens (tertiary/aromatic N) is 4. The number of aryl methyl sites for hydroxylation is 1. The Labute approximate surface area is 165 Å². The Bertz CT molecular complexity index is 1030. The van der Waals surface area contributed by atoms with Gasteiger partial charge in [0.2, 0.25) is 10.3 Å². The number of benzene rings is 1. The van der Waals surface area contributed by atoms with Crippen molar-refractivity contribution in [2.75, 3.05) is 11.6 Å². The van der Waals surface area contributed by atoms with Gasteiger partial charge in [-0.1, -0.05) is 36.9 Å². The fourth-order valence-electron chi connectivity index (χ4n) is 2.58. The van der Waals surface area contributed by atoms with Crippen LogP contribution in [0.1, 0.15) is 18.2 Å². The van der Waals surface area contributed by atoms with Gasteiger partial charge in [0.05, 0.1) is 0 Å². The van der Waals surface area contributed by atoms with E-state index in [4.69, 9.17) is 0 Å². The van der Waals surface area contributed by atoms with Crippen molar-refractivity contribution in [1.82, 2.24) is 13.9 Å². The van der Waals surface area contributed by atoms with Gasteiger partial charge in [0.15, 0.2) is 0 Å². The first-order valence-corrected chi connectivity index (χ1v) is 10.2. The van der Waals surface area contributed by atoms with Crippen molar-refractivity contribution in [3.63, 3.8) is 0 Å². The second kappa shape index (κ2) is 8.66. The first-order valence-electron chi connectivity index (χ1n) is 8.22. The molecule has 0 aliphatic heterocycles. The largest absolute Gasteiger partial charge is 0.317 e. The van der Waals surface area contributed by atoms with Gasteiger partial charge < -0.3 is 4.57 Å². The molecule has 2 aromatic heterocycles. The Balaban J connectivity index is 1.90. The highest BCUT2D eigenvalue weighted by atomic mass is 32.2. The van der Waals surface area contributed by atoms with E-state index in [9.17, 15) is 10.1 Å². The van der Waals surface area contributed by atoms with E-state index in [1.54, 1.807) is 6.08 Å². The first-order chi connectivity index (χ1) is 13.2. The number of hydrogen-bond donors (Lipinski definition) is 1. The molecule has 3 rings (SSSR count). The van der Waals surface area contributed by atoms with Gasteiger partial charge in [0, 0.05) is 29.1 Å². The molecule has 0 aliphatic carbocycles. The van der Waals surface area contributed by atoms with E-state index in [-0.39, 0.29) is 5.57 Å². The van der Waals surface area contributed by atoms with E-state index in [0.717, 1.165) is 29.3 Å². The van der Waals surface area contributed by atoms with Crippen LogP contribution in [-0.2, 0) is 11.2 Å². The van der Waals surface area contributed by atoms with Crippen LogP contribution in [0.2, 0.25) is 0 Å². The Morgan fingerprint density at radius 2 is 2.19 bits per heavy atom. The maximum absolute atomic E-state index is 12.5. The van der Waals surface area contributed by atoms with Gasteiger partial charge in [-0.3, -0.25) is 10.1 Å². The molecule has 1 N–H and O–H groups in total. The fourth-order valence-corrected chi connectivity index (χ4v) is 3.70. The minimum absolute atomic E-state index is 0.00447. The summed E-state index contributed by atoms with van der Waals surface area (Å²) >= 11 is 2.48. The van der Waals surface area contributed by atoms with E-state index in [2.05, 4.69) is 27.7 Å². The smallest absolute Gasteiger partial charge is 0.268 e. The van der Waals surface area contributed by atoms with Gasteiger partial charge in [-0.05, 0) is 42.5 Å². The standard InChI is InChI=1S/C19H17N5OS2/c1-3-13-7-4-5-9-16(13)24-10-6-8-15(24)11-14(12-20)17(25)21-18-22-19(26-2)23-27-18/h4-11H,3H2,1-2H3,(H,21,22,23,25)/b14-11-. The van der Waals surface area contributed by atoms with Crippen LogP contribution < -0.4 is 5.32 Å². The summed E-state index contributed by atoms with van der Waals surface area (Å²) in [5.41, 5.74) is 2.97. The second-order valence-corrected chi connectivity index (χ2v) is 7.02. The maximum atomic E-state index is 12.5. The molecule has 0 spiro atoms. The summed E-state index contributed by atoms with van der Waals surface area (Å²) in [6.45, 7) is 2.09. The molecule has 6 nitrogen and oxygen atoms in total. The van der Waals surface area contributed by atoms with Crippen LogP contribution in [0.25, 0.3) is 11.8 Å². The summed E-state index contributed by atoms with van der Waals surface area (Å²) in [4.78, 5) is 16.6. The van der Waals surface area contributed by atoms with E-state index in [1.807, 2.05) is 53.4 Å². The van der Waals surface area contributed by atoms with Crippen LogP contribution in [0.5, 0.6) is 0 Å². The van der Waals surface area contributed by atoms with Crippen LogP contribution >= 0.6 is 23.3 Å². The lowest BCUT2D eigenvalue weighted by Crippen LogP contribution is -2.13. The Hall–Kier alpha value is -2.89. The zero-order valence-electron chi connectivity index (χ0n) is 14.8. The van der Waals surface area contributed by atoms with Gasteiger partial charge in [0.25, 0.3) is 5.91 Å². The van der Waals surface area contributed by atoms with Crippen molar-refractivity contribution in [2.24, 2.45) is 0 Å². The summed E-state index contributed by atoms with van der Waals surface area (Å²) in [5.74, 6) is -0.502. The number of carbonyl (C=O) groups is 1. The molecule has 3 aromatic rings. The average molecular weight is 396 g/mol. The number of hydrogen-bond acceptors (Lipinski definition) is 6. The third-order valence-electron chi connectivity index (χ3n) is 3.88. The lowest BCUT2D eigenvalue weighted by molar-refractivity contribution is -0.112. The number of nitrogens with one attached hydrogen (secondary N) is 1. The van der Waals surface area contributed by atoms with E-state index in [0.29, 0.717) is 10.3 Å².